The van der Waals surface area contributed by atoms with E-state index in [1.807, 2.05) is 37.3 Å². The number of likely N-dealkylation sites (N-methyl/N-ethyl adjacent to an activating group) is 1. The zero-order valence-electron chi connectivity index (χ0n) is 22.6. The number of carbonyl (C=O) groups excluding carboxylic acids is 3. The van der Waals surface area contributed by atoms with Crippen molar-refractivity contribution < 1.29 is 28.6 Å². The lowest BCUT2D eigenvalue weighted by atomic mass is 9.94. The number of anilines is 1. The Morgan fingerprint density at radius 1 is 1.05 bits per heavy atom. The molecular formula is C30H37N3O6. The molecule has 0 bridgehead atoms. The van der Waals surface area contributed by atoms with Crippen LogP contribution in [0.1, 0.15) is 61.0 Å². The topological polar surface area (TPSA) is 106 Å². The molecule has 4 atom stereocenters. The predicted molar refractivity (Wildman–Crippen MR) is 146 cm³/mol. The van der Waals surface area contributed by atoms with E-state index in [0.717, 1.165) is 5.56 Å². The smallest absolute Gasteiger partial charge is 0.257 e. The van der Waals surface area contributed by atoms with Gasteiger partial charge in [0.05, 0.1) is 30.2 Å². The average molecular weight is 536 g/mol. The second kappa shape index (κ2) is 12.2. The van der Waals surface area contributed by atoms with Crippen LogP contribution in [0.25, 0.3) is 0 Å². The second-order valence-corrected chi connectivity index (χ2v) is 10.7. The summed E-state index contributed by atoms with van der Waals surface area (Å²) in [4.78, 5) is 40.6. The van der Waals surface area contributed by atoms with E-state index < -0.39 is 0 Å². The van der Waals surface area contributed by atoms with E-state index in [4.69, 9.17) is 14.2 Å². The van der Waals surface area contributed by atoms with Crippen molar-refractivity contribution in [2.45, 2.75) is 63.3 Å². The van der Waals surface area contributed by atoms with Gasteiger partial charge in [0.2, 0.25) is 11.8 Å². The first-order valence-corrected chi connectivity index (χ1v) is 13.8. The molecular weight excluding hydrogens is 498 g/mol. The summed E-state index contributed by atoms with van der Waals surface area (Å²) in [6, 6.07) is 14.8. The summed E-state index contributed by atoms with van der Waals surface area (Å²) in [5, 5.41) is 6.01. The third-order valence-electron chi connectivity index (χ3n) is 7.96. The quantitative estimate of drug-likeness (QED) is 0.584. The lowest BCUT2D eigenvalue weighted by Gasteiger charge is -2.42. The summed E-state index contributed by atoms with van der Waals surface area (Å²) < 4.78 is 17.7. The summed E-state index contributed by atoms with van der Waals surface area (Å²) in [6.07, 6.45) is 2.42. The summed E-state index contributed by atoms with van der Waals surface area (Å²) in [6.45, 7) is 3.40. The Labute approximate surface area is 229 Å². The zero-order chi connectivity index (χ0) is 27.4. The number of carbonyl (C=O) groups is 3. The van der Waals surface area contributed by atoms with Gasteiger partial charge in [0.1, 0.15) is 18.5 Å². The Kier molecular flexibility index (Phi) is 8.47. The van der Waals surface area contributed by atoms with Gasteiger partial charge in [-0.15, -0.1) is 0 Å². The normalized spacial score (nSPS) is 24.3. The first-order chi connectivity index (χ1) is 18.9. The van der Waals surface area contributed by atoms with Gasteiger partial charge in [-0.05, 0) is 56.4 Å². The van der Waals surface area contributed by atoms with Crippen LogP contribution < -0.4 is 15.4 Å². The molecule has 39 heavy (non-hydrogen) atoms. The van der Waals surface area contributed by atoms with E-state index >= 15 is 0 Å². The molecule has 2 aromatic carbocycles. The maximum absolute atomic E-state index is 13.5. The molecule has 3 aliphatic heterocycles. The van der Waals surface area contributed by atoms with Gasteiger partial charge in [0.15, 0.2) is 0 Å². The van der Waals surface area contributed by atoms with Crippen molar-refractivity contribution in [1.29, 1.82) is 0 Å². The van der Waals surface area contributed by atoms with Crippen LogP contribution in [0.4, 0.5) is 5.69 Å². The number of ether oxygens (including phenoxy) is 3. The molecule has 5 rings (SSSR count). The third kappa shape index (κ3) is 6.42. The standard InChI is InChI=1S/C30H37N3O6/c1-19(20-6-4-3-5-7-20)31-28(34)17-23-9-10-25-27(39-23)18-38-26-11-8-22(16-24(26)30(36)33(25)2)32-29(35)21-12-14-37-15-13-21/h3-8,11,16,19,21,23,25,27H,9-10,12-15,17-18H2,1-2H3,(H,31,34)(H,32,35)/t19-,23-,25-,27+/m1/s1. The molecule has 3 heterocycles. The number of nitrogens with zero attached hydrogens (tertiary/aromatic N) is 1. The first kappa shape index (κ1) is 27.1. The molecule has 2 aromatic rings. The van der Waals surface area contributed by atoms with Crippen molar-refractivity contribution in [2.24, 2.45) is 5.92 Å². The van der Waals surface area contributed by atoms with Crippen LogP contribution in [-0.2, 0) is 19.1 Å². The fourth-order valence-electron chi connectivity index (χ4n) is 5.64. The van der Waals surface area contributed by atoms with Crippen molar-refractivity contribution in [3.63, 3.8) is 0 Å². The van der Waals surface area contributed by atoms with E-state index in [1.165, 1.54) is 0 Å². The van der Waals surface area contributed by atoms with E-state index in [-0.39, 0.29) is 61.0 Å². The highest BCUT2D eigenvalue weighted by atomic mass is 16.5. The van der Waals surface area contributed by atoms with Gasteiger partial charge in [-0.3, -0.25) is 14.4 Å². The molecule has 9 heteroatoms. The van der Waals surface area contributed by atoms with Crippen LogP contribution in [-0.4, -0.2) is 67.7 Å². The fraction of sp³-hybridized carbons (Fsp3) is 0.500. The highest BCUT2D eigenvalue weighted by Crippen LogP contribution is 2.33. The minimum atomic E-state index is -0.349. The minimum absolute atomic E-state index is 0.0557. The zero-order valence-corrected chi connectivity index (χ0v) is 22.6. The predicted octanol–water partition coefficient (Wildman–Crippen LogP) is 3.70. The van der Waals surface area contributed by atoms with Crippen LogP contribution in [0.3, 0.4) is 0 Å². The van der Waals surface area contributed by atoms with Crippen molar-refractivity contribution in [3.8, 4) is 5.75 Å². The van der Waals surface area contributed by atoms with Gasteiger partial charge in [-0.1, -0.05) is 30.3 Å². The lowest BCUT2D eigenvalue weighted by Crippen LogP contribution is -2.54. The van der Waals surface area contributed by atoms with Crippen LogP contribution in [0.2, 0.25) is 0 Å². The maximum atomic E-state index is 13.5. The molecule has 3 aliphatic rings. The number of nitrogens with one attached hydrogen (secondary N) is 2. The fourth-order valence-corrected chi connectivity index (χ4v) is 5.64. The second-order valence-electron chi connectivity index (χ2n) is 10.7. The number of hydrogen-bond acceptors (Lipinski definition) is 6. The lowest BCUT2D eigenvalue weighted by molar-refractivity contribution is -0.134. The number of benzene rings is 2. The Hall–Kier alpha value is -3.43. The number of fused-ring (bicyclic) bond motifs is 2. The Balaban J connectivity index is 1.21. The highest BCUT2D eigenvalue weighted by molar-refractivity contribution is 6.00. The van der Waals surface area contributed by atoms with E-state index in [1.54, 1.807) is 30.1 Å². The van der Waals surface area contributed by atoms with Crippen molar-refractivity contribution in [1.82, 2.24) is 10.2 Å². The van der Waals surface area contributed by atoms with Gasteiger partial charge in [-0.25, -0.2) is 0 Å². The van der Waals surface area contributed by atoms with Crippen molar-refractivity contribution in [3.05, 3.63) is 59.7 Å². The average Bonchev–Trinajstić information content (AvgIpc) is 2.96. The largest absolute Gasteiger partial charge is 0.490 e. The van der Waals surface area contributed by atoms with Gasteiger partial charge in [0, 0.05) is 31.9 Å². The maximum Gasteiger partial charge on any atom is 0.257 e. The van der Waals surface area contributed by atoms with Gasteiger partial charge in [0.25, 0.3) is 5.91 Å². The summed E-state index contributed by atoms with van der Waals surface area (Å²) >= 11 is 0. The van der Waals surface area contributed by atoms with Crippen molar-refractivity contribution >= 4 is 23.4 Å². The molecule has 2 saturated heterocycles. The van der Waals surface area contributed by atoms with Gasteiger partial charge in [-0.2, -0.15) is 0 Å². The van der Waals surface area contributed by atoms with E-state index in [0.29, 0.717) is 55.9 Å². The Morgan fingerprint density at radius 3 is 2.59 bits per heavy atom. The molecule has 0 saturated carbocycles. The molecule has 9 nitrogen and oxygen atoms in total. The minimum Gasteiger partial charge on any atom is -0.490 e. The number of hydrogen-bond donors (Lipinski definition) is 2. The summed E-state index contributed by atoms with van der Waals surface area (Å²) in [5.74, 6) is 0.0615. The molecule has 0 radical (unpaired) electrons. The monoisotopic (exact) mass is 535 g/mol. The highest BCUT2D eigenvalue weighted by Gasteiger charge is 2.39. The van der Waals surface area contributed by atoms with Crippen LogP contribution in [0.15, 0.2) is 48.5 Å². The molecule has 2 N–H and O–H groups in total. The summed E-state index contributed by atoms with van der Waals surface area (Å²) in [7, 11) is 1.78. The van der Waals surface area contributed by atoms with Crippen LogP contribution in [0.5, 0.6) is 5.75 Å². The molecule has 0 unspecified atom stereocenters. The SMILES string of the molecule is C[C@@H](NC(=O)C[C@H]1CC[C@@H]2[C@H](COc3ccc(NC(=O)C4CCOCC4)cc3C(=O)N2C)O1)c1ccccc1. The molecule has 208 valence electrons. The van der Waals surface area contributed by atoms with Gasteiger partial charge >= 0.3 is 0 Å². The molecule has 0 aliphatic carbocycles. The Bertz CT molecular complexity index is 1180. The molecule has 0 spiro atoms. The van der Waals surface area contributed by atoms with Crippen LogP contribution >= 0.6 is 0 Å². The Morgan fingerprint density at radius 2 is 1.82 bits per heavy atom. The summed E-state index contributed by atoms with van der Waals surface area (Å²) in [5.41, 5.74) is 2.04. The number of amides is 3. The van der Waals surface area contributed by atoms with Crippen molar-refractivity contribution in [2.75, 3.05) is 32.2 Å². The van der Waals surface area contributed by atoms with Crippen LogP contribution in [0, 0.1) is 5.92 Å². The third-order valence-corrected chi connectivity index (χ3v) is 7.96. The van der Waals surface area contributed by atoms with E-state index in [9.17, 15) is 14.4 Å². The molecule has 0 aromatic heterocycles. The van der Waals surface area contributed by atoms with Gasteiger partial charge < -0.3 is 29.7 Å². The molecule has 3 amide bonds. The molecule has 2 fully saturated rings. The number of rotatable bonds is 6. The van der Waals surface area contributed by atoms with E-state index in [2.05, 4.69) is 10.6 Å². The first-order valence-electron chi connectivity index (χ1n) is 13.8.